The van der Waals surface area contributed by atoms with Crippen molar-refractivity contribution in [3.05, 3.63) is 34.0 Å². The van der Waals surface area contributed by atoms with E-state index < -0.39 is 0 Å². The van der Waals surface area contributed by atoms with E-state index in [-0.39, 0.29) is 12.5 Å². The molecule has 6 nitrogen and oxygen atoms in total. The Morgan fingerprint density at radius 3 is 3.16 bits per heavy atom. The number of hydrogen-bond donors (Lipinski definition) is 2. The summed E-state index contributed by atoms with van der Waals surface area (Å²) in [6.45, 7) is 0.604. The van der Waals surface area contributed by atoms with Crippen LogP contribution in [0.5, 0.6) is 0 Å². The van der Waals surface area contributed by atoms with Crippen LogP contribution in [0.4, 0.5) is 0 Å². The number of carbonyl (C=O) groups excluding carboxylic acids is 1. The monoisotopic (exact) mass is 275 g/mol. The zero-order valence-corrected chi connectivity index (χ0v) is 11.2. The van der Waals surface area contributed by atoms with Crippen LogP contribution in [-0.2, 0) is 13.6 Å². The van der Waals surface area contributed by atoms with Crippen molar-refractivity contribution < 1.29 is 4.79 Å². The van der Waals surface area contributed by atoms with Gasteiger partial charge in [-0.3, -0.25) is 4.79 Å². The van der Waals surface area contributed by atoms with E-state index in [1.807, 2.05) is 18.5 Å². The van der Waals surface area contributed by atoms with Crippen molar-refractivity contribution in [3.8, 4) is 11.8 Å². The topological polar surface area (TPSA) is 85.8 Å². The third-order valence-electron chi connectivity index (χ3n) is 2.41. The van der Waals surface area contributed by atoms with Crippen molar-refractivity contribution in [1.29, 1.82) is 0 Å². The normalized spacial score (nSPS) is 9.79. The van der Waals surface area contributed by atoms with Gasteiger partial charge < -0.3 is 15.6 Å². The highest BCUT2D eigenvalue weighted by atomic mass is 32.1. The Hall–Kier alpha value is -2.17. The molecular weight excluding hydrogens is 262 g/mol. The molecule has 19 heavy (non-hydrogen) atoms. The summed E-state index contributed by atoms with van der Waals surface area (Å²) in [5.41, 5.74) is 6.02. The van der Waals surface area contributed by atoms with E-state index in [4.69, 9.17) is 5.73 Å². The van der Waals surface area contributed by atoms with Gasteiger partial charge in [-0.2, -0.15) is 0 Å². The molecule has 0 radical (unpaired) electrons. The molecule has 98 valence electrons. The van der Waals surface area contributed by atoms with E-state index in [1.165, 1.54) is 11.3 Å². The summed E-state index contributed by atoms with van der Waals surface area (Å²) in [6, 6.07) is 1.81. The van der Waals surface area contributed by atoms with Gasteiger partial charge in [0.15, 0.2) is 5.82 Å². The van der Waals surface area contributed by atoms with E-state index in [2.05, 4.69) is 27.4 Å². The number of hydrogen-bond acceptors (Lipinski definition) is 5. The molecule has 1 amide bonds. The third kappa shape index (κ3) is 3.19. The largest absolute Gasteiger partial charge is 0.344 e. The van der Waals surface area contributed by atoms with Crippen LogP contribution in [0.3, 0.4) is 0 Å². The second-order valence-corrected chi connectivity index (χ2v) is 4.63. The molecule has 0 bridgehead atoms. The molecule has 2 heterocycles. The van der Waals surface area contributed by atoms with Crippen molar-refractivity contribution in [2.45, 2.75) is 6.54 Å². The van der Waals surface area contributed by atoms with Crippen LogP contribution < -0.4 is 11.1 Å². The summed E-state index contributed by atoms with van der Waals surface area (Å²) in [6.07, 6.45) is 1.59. The zero-order valence-electron chi connectivity index (χ0n) is 10.4. The first-order valence-corrected chi connectivity index (χ1v) is 6.48. The fourth-order valence-corrected chi connectivity index (χ4v) is 2.20. The van der Waals surface area contributed by atoms with Crippen molar-refractivity contribution >= 4 is 17.2 Å². The van der Waals surface area contributed by atoms with Gasteiger partial charge in [-0.25, -0.2) is 0 Å². The number of carbonyl (C=O) groups is 1. The van der Waals surface area contributed by atoms with Gasteiger partial charge in [0.05, 0.1) is 13.1 Å². The summed E-state index contributed by atoms with van der Waals surface area (Å²) < 4.78 is 1.75. The number of rotatable bonds is 3. The zero-order chi connectivity index (χ0) is 13.7. The Morgan fingerprint density at radius 2 is 2.47 bits per heavy atom. The average molecular weight is 275 g/mol. The van der Waals surface area contributed by atoms with Crippen LogP contribution in [0.15, 0.2) is 17.8 Å². The highest BCUT2D eigenvalue weighted by molar-refractivity contribution is 7.12. The molecule has 0 aliphatic rings. The van der Waals surface area contributed by atoms with Gasteiger partial charge in [-0.1, -0.05) is 11.8 Å². The van der Waals surface area contributed by atoms with Gasteiger partial charge in [0.1, 0.15) is 11.2 Å². The van der Waals surface area contributed by atoms with Crippen LogP contribution in [0.25, 0.3) is 0 Å². The number of nitrogens with two attached hydrogens (primary N) is 1. The predicted molar refractivity (Wildman–Crippen MR) is 72.4 cm³/mol. The summed E-state index contributed by atoms with van der Waals surface area (Å²) in [4.78, 5) is 12.6. The van der Waals surface area contributed by atoms with E-state index >= 15 is 0 Å². The molecule has 0 spiro atoms. The molecule has 7 heteroatoms. The Bertz CT molecular complexity index is 634. The van der Waals surface area contributed by atoms with E-state index in [0.717, 1.165) is 0 Å². The maximum atomic E-state index is 12.0. The molecule has 0 aliphatic heterocycles. The lowest BCUT2D eigenvalue weighted by Gasteiger charge is -2.03. The Morgan fingerprint density at radius 1 is 1.63 bits per heavy atom. The fourth-order valence-electron chi connectivity index (χ4n) is 1.44. The smallest absolute Gasteiger partial charge is 0.263 e. The predicted octanol–water partition coefficient (Wildman–Crippen LogP) is 0.117. The minimum atomic E-state index is -0.167. The van der Waals surface area contributed by atoms with E-state index in [0.29, 0.717) is 22.8 Å². The van der Waals surface area contributed by atoms with Gasteiger partial charge in [-0.05, 0) is 11.4 Å². The summed E-state index contributed by atoms with van der Waals surface area (Å²) in [7, 11) is 1.82. The SMILES string of the molecule is Cn1cnnc1CNC(=O)c1sccc1C#CCN. The van der Waals surface area contributed by atoms with Gasteiger partial charge in [0, 0.05) is 12.6 Å². The summed E-state index contributed by atoms with van der Waals surface area (Å²) >= 11 is 1.35. The highest BCUT2D eigenvalue weighted by Gasteiger charge is 2.12. The molecule has 0 aromatic carbocycles. The van der Waals surface area contributed by atoms with Crippen molar-refractivity contribution in [1.82, 2.24) is 20.1 Å². The quantitative estimate of drug-likeness (QED) is 0.779. The molecule has 0 atom stereocenters. The standard InChI is InChI=1S/C12H13N5OS/c1-17-8-15-16-10(17)7-14-12(18)11-9(3-2-5-13)4-6-19-11/h4,6,8H,5,7,13H2,1H3,(H,14,18). The van der Waals surface area contributed by atoms with E-state index in [9.17, 15) is 4.79 Å². The van der Waals surface area contributed by atoms with Crippen molar-refractivity contribution in [3.63, 3.8) is 0 Å². The molecule has 0 unspecified atom stereocenters. The number of nitrogens with zero attached hydrogens (tertiary/aromatic N) is 3. The molecule has 0 saturated carbocycles. The molecule has 2 aromatic rings. The fraction of sp³-hybridized carbons (Fsp3) is 0.250. The lowest BCUT2D eigenvalue weighted by molar-refractivity contribution is 0.0953. The highest BCUT2D eigenvalue weighted by Crippen LogP contribution is 2.15. The van der Waals surface area contributed by atoms with Gasteiger partial charge in [0.25, 0.3) is 5.91 Å². The van der Waals surface area contributed by atoms with Gasteiger partial charge in [-0.15, -0.1) is 21.5 Å². The lowest BCUT2D eigenvalue weighted by atomic mass is 10.2. The van der Waals surface area contributed by atoms with Crippen LogP contribution in [0, 0.1) is 11.8 Å². The number of thiophene rings is 1. The lowest BCUT2D eigenvalue weighted by Crippen LogP contribution is -2.24. The molecule has 2 aromatic heterocycles. The number of amides is 1. The third-order valence-corrected chi connectivity index (χ3v) is 3.32. The first kappa shape index (κ1) is 13.3. The van der Waals surface area contributed by atoms with Gasteiger partial charge >= 0.3 is 0 Å². The first-order valence-electron chi connectivity index (χ1n) is 5.60. The maximum absolute atomic E-state index is 12.0. The minimum absolute atomic E-state index is 0.167. The summed E-state index contributed by atoms with van der Waals surface area (Å²) in [5.74, 6) is 6.15. The minimum Gasteiger partial charge on any atom is -0.344 e. The Balaban J connectivity index is 2.04. The molecule has 0 saturated heterocycles. The van der Waals surface area contributed by atoms with Crippen molar-refractivity contribution in [2.75, 3.05) is 6.54 Å². The van der Waals surface area contributed by atoms with Gasteiger partial charge in [0.2, 0.25) is 0 Å². The average Bonchev–Trinajstić information content (AvgIpc) is 3.02. The molecule has 2 rings (SSSR count). The maximum Gasteiger partial charge on any atom is 0.263 e. The van der Waals surface area contributed by atoms with Crippen molar-refractivity contribution in [2.24, 2.45) is 12.8 Å². The first-order chi connectivity index (χ1) is 9.22. The van der Waals surface area contributed by atoms with Crippen LogP contribution in [0.2, 0.25) is 0 Å². The Labute approximate surface area is 114 Å². The van der Waals surface area contributed by atoms with Crippen LogP contribution >= 0.6 is 11.3 Å². The molecular formula is C12H13N5OS. The van der Waals surface area contributed by atoms with Crippen LogP contribution in [-0.4, -0.2) is 27.2 Å². The number of aryl methyl sites for hydroxylation is 1. The molecule has 0 aliphatic carbocycles. The molecule has 3 N–H and O–H groups in total. The summed E-state index contributed by atoms with van der Waals surface area (Å²) in [5, 5.41) is 12.3. The van der Waals surface area contributed by atoms with Crippen LogP contribution in [0.1, 0.15) is 21.1 Å². The Kier molecular flexibility index (Phi) is 4.28. The van der Waals surface area contributed by atoms with E-state index in [1.54, 1.807) is 10.9 Å². The molecule has 0 fully saturated rings. The second-order valence-electron chi connectivity index (χ2n) is 3.71. The number of nitrogens with one attached hydrogen (secondary N) is 1. The second kappa shape index (κ2) is 6.13. The number of aromatic nitrogens is 3.